The van der Waals surface area contributed by atoms with Crippen LogP contribution in [0.4, 0.5) is 19.6 Å². The molecule has 31 heavy (non-hydrogen) atoms. The number of carbonyl (C=O) groups is 1. The van der Waals surface area contributed by atoms with Crippen molar-refractivity contribution < 1.29 is 18.3 Å². The van der Waals surface area contributed by atoms with E-state index < -0.39 is 6.61 Å². The zero-order valence-corrected chi connectivity index (χ0v) is 17.5. The second kappa shape index (κ2) is 9.84. The van der Waals surface area contributed by atoms with Crippen molar-refractivity contribution in [3.63, 3.8) is 0 Å². The molecular weight excluding hydrogens is 422 g/mol. The zero-order valence-electron chi connectivity index (χ0n) is 16.7. The van der Waals surface area contributed by atoms with Gasteiger partial charge in [-0.05, 0) is 29.8 Å². The molecule has 0 bridgehead atoms. The Hall–Kier alpha value is -3.04. The first-order valence-electron chi connectivity index (χ1n) is 9.90. The summed E-state index contributed by atoms with van der Waals surface area (Å²) in [5.74, 6) is 0.00584. The molecule has 0 unspecified atom stereocenters. The highest BCUT2D eigenvalue weighted by Gasteiger charge is 2.24. The fraction of sp³-hybridized carbons (Fsp3) is 0.273. The number of rotatable bonds is 7. The van der Waals surface area contributed by atoms with Gasteiger partial charge in [0.25, 0.3) is 5.91 Å². The molecule has 0 saturated carbocycles. The Balaban J connectivity index is 1.29. The van der Waals surface area contributed by atoms with Crippen LogP contribution in [0.25, 0.3) is 0 Å². The lowest BCUT2D eigenvalue weighted by molar-refractivity contribution is -0.0498. The maximum Gasteiger partial charge on any atom is 0.387 e. The molecule has 1 fully saturated rings. The first-order chi connectivity index (χ1) is 15.1. The summed E-state index contributed by atoms with van der Waals surface area (Å²) in [6, 6.07) is 16.4. The van der Waals surface area contributed by atoms with Crippen LogP contribution in [0.15, 0.2) is 60.0 Å². The number of aromatic nitrogens is 1. The van der Waals surface area contributed by atoms with Crippen LogP contribution in [0.5, 0.6) is 5.75 Å². The highest BCUT2D eigenvalue weighted by atomic mass is 32.1. The summed E-state index contributed by atoms with van der Waals surface area (Å²) in [7, 11) is 0. The highest BCUT2D eigenvalue weighted by molar-refractivity contribution is 7.14. The van der Waals surface area contributed by atoms with Crippen LogP contribution in [0.1, 0.15) is 16.1 Å². The van der Waals surface area contributed by atoms with Crippen LogP contribution in [0.2, 0.25) is 0 Å². The lowest BCUT2D eigenvalue weighted by Gasteiger charge is -2.34. The van der Waals surface area contributed by atoms with Gasteiger partial charge in [0, 0.05) is 43.8 Å². The molecule has 0 aliphatic carbocycles. The normalized spacial score (nSPS) is 14.6. The van der Waals surface area contributed by atoms with E-state index >= 15 is 0 Å². The number of hydrogen-bond donors (Lipinski definition) is 1. The Labute approximate surface area is 183 Å². The first-order valence-corrected chi connectivity index (χ1v) is 10.8. The second-order valence-corrected chi connectivity index (χ2v) is 7.98. The van der Waals surface area contributed by atoms with Crippen molar-refractivity contribution in [2.45, 2.75) is 13.2 Å². The van der Waals surface area contributed by atoms with Crippen molar-refractivity contribution >= 4 is 28.1 Å². The number of thiazole rings is 1. The Morgan fingerprint density at radius 1 is 1.06 bits per heavy atom. The number of carbonyl (C=O) groups excluding carboxylic acids is 1. The van der Waals surface area contributed by atoms with Crippen molar-refractivity contribution in [1.82, 2.24) is 14.8 Å². The minimum absolute atomic E-state index is 0.0793. The summed E-state index contributed by atoms with van der Waals surface area (Å²) in [5.41, 5.74) is 2.34. The van der Waals surface area contributed by atoms with Crippen LogP contribution < -0.4 is 10.1 Å². The summed E-state index contributed by atoms with van der Waals surface area (Å²) < 4.78 is 28.8. The molecule has 1 aliphatic heterocycles. The number of ether oxygens (including phenoxy) is 1. The Bertz CT molecular complexity index is 990. The average Bonchev–Trinajstić information content (AvgIpc) is 3.24. The van der Waals surface area contributed by atoms with Gasteiger partial charge in [-0.3, -0.25) is 9.69 Å². The molecule has 1 amide bonds. The number of benzene rings is 2. The molecule has 0 atom stereocenters. The summed E-state index contributed by atoms with van der Waals surface area (Å²) in [6.45, 7) is 1.00. The van der Waals surface area contributed by atoms with Gasteiger partial charge in [-0.15, -0.1) is 11.3 Å². The third kappa shape index (κ3) is 5.77. The van der Waals surface area contributed by atoms with Gasteiger partial charge in [-0.1, -0.05) is 30.3 Å². The number of anilines is 2. The van der Waals surface area contributed by atoms with Crippen LogP contribution in [-0.4, -0.2) is 53.5 Å². The number of amides is 1. The Morgan fingerprint density at radius 2 is 1.77 bits per heavy atom. The monoisotopic (exact) mass is 444 g/mol. The third-order valence-electron chi connectivity index (χ3n) is 4.96. The standard InChI is InChI=1S/C22H22F2N4O2S/c23-21(24)30-18-8-6-17(7-9-18)25-22-26-19(15-31-22)20(29)28-12-10-27(11-13-28)14-16-4-2-1-3-5-16/h1-9,15,21H,10-14H2,(H,25,26). The van der Waals surface area contributed by atoms with Crippen molar-refractivity contribution in [2.24, 2.45) is 0 Å². The zero-order chi connectivity index (χ0) is 21.6. The van der Waals surface area contributed by atoms with E-state index in [0.717, 1.165) is 19.6 Å². The maximum atomic E-state index is 12.8. The SMILES string of the molecule is O=C(c1csc(Nc2ccc(OC(F)F)cc2)n1)N1CCN(Cc2ccccc2)CC1. The van der Waals surface area contributed by atoms with Crippen LogP contribution in [0.3, 0.4) is 0 Å². The maximum absolute atomic E-state index is 12.8. The number of halogens is 2. The number of piperazine rings is 1. The van der Waals surface area contributed by atoms with E-state index in [1.54, 1.807) is 17.5 Å². The smallest absolute Gasteiger partial charge is 0.387 e. The van der Waals surface area contributed by atoms with Gasteiger partial charge >= 0.3 is 6.61 Å². The predicted molar refractivity (Wildman–Crippen MR) is 116 cm³/mol. The van der Waals surface area contributed by atoms with Gasteiger partial charge < -0.3 is 15.0 Å². The molecule has 6 nitrogen and oxygen atoms in total. The molecule has 3 aromatic rings. The number of hydrogen-bond acceptors (Lipinski definition) is 6. The molecule has 2 aromatic carbocycles. The summed E-state index contributed by atoms with van der Waals surface area (Å²) in [4.78, 5) is 21.4. The Kier molecular flexibility index (Phi) is 6.73. The van der Waals surface area contributed by atoms with E-state index in [1.165, 1.54) is 29.0 Å². The molecule has 162 valence electrons. The largest absolute Gasteiger partial charge is 0.435 e. The molecule has 1 aromatic heterocycles. The first kappa shape index (κ1) is 21.2. The van der Waals surface area contributed by atoms with Gasteiger partial charge in [0.1, 0.15) is 11.4 Å². The summed E-state index contributed by atoms with van der Waals surface area (Å²) >= 11 is 1.32. The molecule has 1 saturated heterocycles. The third-order valence-corrected chi connectivity index (χ3v) is 5.72. The minimum atomic E-state index is -2.86. The summed E-state index contributed by atoms with van der Waals surface area (Å²) in [5, 5.41) is 5.38. The molecule has 2 heterocycles. The van der Waals surface area contributed by atoms with E-state index in [0.29, 0.717) is 29.6 Å². The molecular formula is C22H22F2N4O2S. The molecule has 0 radical (unpaired) electrons. The number of nitrogens with one attached hydrogen (secondary N) is 1. The number of nitrogens with zero attached hydrogens (tertiary/aromatic N) is 3. The van der Waals surface area contributed by atoms with E-state index in [2.05, 4.69) is 32.1 Å². The van der Waals surface area contributed by atoms with Crippen molar-refractivity contribution in [1.29, 1.82) is 0 Å². The number of alkyl halides is 2. The second-order valence-electron chi connectivity index (χ2n) is 7.12. The molecule has 9 heteroatoms. The van der Waals surface area contributed by atoms with Gasteiger partial charge in [-0.25, -0.2) is 4.98 Å². The van der Waals surface area contributed by atoms with Crippen molar-refractivity contribution in [3.05, 3.63) is 71.2 Å². The Morgan fingerprint density at radius 3 is 2.45 bits per heavy atom. The van der Waals surface area contributed by atoms with E-state index in [4.69, 9.17) is 0 Å². The summed E-state index contributed by atoms with van der Waals surface area (Å²) in [6.07, 6.45) is 0. The molecule has 1 aliphatic rings. The topological polar surface area (TPSA) is 57.7 Å². The van der Waals surface area contributed by atoms with Crippen LogP contribution in [-0.2, 0) is 6.54 Å². The highest BCUT2D eigenvalue weighted by Crippen LogP contribution is 2.24. The lowest BCUT2D eigenvalue weighted by Crippen LogP contribution is -2.48. The van der Waals surface area contributed by atoms with Gasteiger partial charge in [-0.2, -0.15) is 8.78 Å². The quantitative estimate of drug-likeness (QED) is 0.584. The molecule has 1 N–H and O–H groups in total. The molecule has 0 spiro atoms. The van der Waals surface area contributed by atoms with Gasteiger partial charge in [0.2, 0.25) is 0 Å². The lowest BCUT2D eigenvalue weighted by atomic mass is 10.2. The van der Waals surface area contributed by atoms with Gasteiger partial charge in [0.05, 0.1) is 0 Å². The average molecular weight is 445 g/mol. The van der Waals surface area contributed by atoms with Crippen molar-refractivity contribution in [2.75, 3.05) is 31.5 Å². The van der Waals surface area contributed by atoms with E-state index in [9.17, 15) is 13.6 Å². The van der Waals surface area contributed by atoms with Crippen molar-refractivity contribution in [3.8, 4) is 5.75 Å². The van der Waals surface area contributed by atoms with E-state index in [-0.39, 0.29) is 11.7 Å². The van der Waals surface area contributed by atoms with Crippen LogP contribution in [0, 0.1) is 0 Å². The predicted octanol–water partition coefficient (Wildman–Crippen LogP) is 4.45. The van der Waals surface area contributed by atoms with Crippen LogP contribution >= 0.6 is 11.3 Å². The van der Waals surface area contributed by atoms with E-state index in [1.807, 2.05) is 23.1 Å². The minimum Gasteiger partial charge on any atom is -0.435 e. The molecule has 4 rings (SSSR count). The van der Waals surface area contributed by atoms with Gasteiger partial charge in [0.15, 0.2) is 5.13 Å². The fourth-order valence-electron chi connectivity index (χ4n) is 3.39. The fourth-order valence-corrected chi connectivity index (χ4v) is 4.09.